The van der Waals surface area contributed by atoms with Crippen LogP contribution in [0.5, 0.6) is 5.88 Å². The number of halogens is 3. The summed E-state index contributed by atoms with van der Waals surface area (Å²) in [4.78, 5) is 15.0. The van der Waals surface area contributed by atoms with Gasteiger partial charge in [-0.05, 0) is 26.8 Å². The molecule has 1 aromatic heterocycles. The van der Waals surface area contributed by atoms with Gasteiger partial charge in [0.2, 0.25) is 17.4 Å². The molecule has 0 atom stereocenters. The molecule has 0 amide bonds. The van der Waals surface area contributed by atoms with Crippen LogP contribution >= 0.6 is 23.2 Å². The summed E-state index contributed by atoms with van der Waals surface area (Å²) in [7, 11) is 0. The van der Waals surface area contributed by atoms with E-state index in [1.165, 1.54) is 13.8 Å². The first-order chi connectivity index (χ1) is 8.27. The van der Waals surface area contributed by atoms with Crippen LogP contribution in [0.4, 0.5) is 4.39 Å². The molecule has 0 aliphatic heterocycles. The Labute approximate surface area is 114 Å². The van der Waals surface area contributed by atoms with E-state index in [4.69, 9.17) is 32.7 Å². The van der Waals surface area contributed by atoms with Crippen LogP contribution in [-0.4, -0.2) is 23.2 Å². The molecule has 0 fully saturated rings. The molecule has 100 valence electrons. The lowest BCUT2D eigenvalue weighted by Gasteiger charge is -2.23. The quantitative estimate of drug-likeness (QED) is 0.632. The largest absolute Gasteiger partial charge is 0.463 e. The van der Waals surface area contributed by atoms with Gasteiger partial charge in [-0.15, -0.1) is 0 Å². The molecule has 7 heteroatoms. The Bertz CT molecular complexity index is 466. The zero-order chi connectivity index (χ0) is 13.9. The second-order valence-electron chi connectivity index (χ2n) is 3.88. The van der Waals surface area contributed by atoms with Gasteiger partial charge in [0, 0.05) is 0 Å². The van der Waals surface area contributed by atoms with Crippen molar-refractivity contribution in [2.75, 3.05) is 6.61 Å². The Kier molecular flexibility index (Phi) is 4.76. The van der Waals surface area contributed by atoms with Crippen molar-refractivity contribution in [1.29, 1.82) is 0 Å². The summed E-state index contributed by atoms with van der Waals surface area (Å²) in [6.45, 7) is 4.81. The van der Waals surface area contributed by atoms with Gasteiger partial charge < -0.3 is 9.47 Å². The summed E-state index contributed by atoms with van der Waals surface area (Å²) in [6, 6.07) is 1.15. The highest BCUT2D eigenvalue weighted by Gasteiger charge is 2.33. The molecule has 1 aromatic rings. The predicted octanol–water partition coefficient (Wildman–Crippen LogP) is 3.25. The molecule has 0 spiro atoms. The predicted molar refractivity (Wildman–Crippen MR) is 65.6 cm³/mol. The Morgan fingerprint density at radius 3 is 2.61 bits per heavy atom. The Morgan fingerprint density at radius 1 is 1.44 bits per heavy atom. The Morgan fingerprint density at radius 2 is 2.06 bits per heavy atom. The number of pyridine rings is 1. The number of nitrogens with zero attached hydrogens (tertiary/aromatic N) is 1. The molecule has 1 heterocycles. The lowest BCUT2D eigenvalue weighted by atomic mass is 10.1. The molecule has 0 N–H and O–H groups in total. The number of hydrogen-bond donors (Lipinski definition) is 0. The van der Waals surface area contributed by atoms with Gasteiger partial charge in [-0.1, -0.05) is 23.2 Å². The number of carbonyl (C=O) groups excluding carboxylic acids is 1. The van der Waals surface area contributed by atoms with Crippen molar-refractivity contribution in [3.05, 3.63) is 22.1 Å². The minimum Gasteiger partial charge on any atom is -0.463 e. The first kappa shape index (κ1) is 15.0. The summed E-state index contributed by atoms with van der Waals surface area (Å²) < 4.78 is 23.3. The van der Waals surface area contributed by atoms with E-state index in [-0.39, 0.29) is 22.5 Å². The SMILES string of the molecule is CCOC(=O)C(C)(C)Oc1nc(F)c(Cl)cc1Cl. The van der Waals surface area contributed by atoms with Crippen LogP contribution in [0.1, 0.15) is 20.8 Å². The molecule has 0 unspecified atom stereocenters. The maximum Gasteiger partial charge on any atom is 0.349 e. The average molecular weight is 296 g/mol. The fourth-order valence-electron chi connectivity index (χ4n) is 1.09. The fraction of sp³-hybridized carbons (Fsp3) is 0.455. The minimum atomic E-state index is -1.33. The molecule has 0 bridgehead atoms. The van der Waals surface area contributed by atoms with Crippen LogP contribution in [0.25, 0.3) is 0 Å². The normalized spacial score (nSPS) is 11.2. The minimum absolute atomic E-state index is 0.0128. The average Bonchev–Trinajstić information content (AvgIpc) is 2.26. The van der Waals surface area contributed by atoms with E-state index in [1.807, 2.05) is 0 Å². The van der Waals surface area contributed by atoms with Crippen molar-refractivity contribution < 1.29 is 18.7 Å². The van der Waals surface area contributed by atoms with E-state index in [2.05, 4.69) is 4.98 Å². The lowest BCUT2D eigenvalue weighted by molar-refractivity contribution is -0.158. The van der Waals surface area contributed by atoms with E-state index in [9.17, 15) is 9.18 Å². The molecular weight excluding hydrogens is 284 g/mol. The molecular formula is C11H12Cl2FNO3. The van der Waals surface area contributed by atoms with E-state index in [0.29, 0.717) is 0 Å². The second-order valence-corrected chi connectivity index (χ2v) is 4.70. The Hall–Kier alpha value is -1.07. The van der Waals surface area contributed by atoms with Gasteiger partial charge in [-0.3, -0.25) is 0 Å². The molecule has 0 aliphatic carbocycles. The summed E-state index contributed by atoms with van der Waals surface area (Å²) in [5, 5.41) is -0.208. The monoisotopic (exact) mass is 295 g/mol. The molecule has 1 rings (SSSR count). The Balaban J connectivity index is 2.97. The highest BCUT2D eigenvalue weighted by atomic mass is 35.5. The highest BCUT2D eigenvalue weighted by Crippen LogP contribution is 2.29. The number of rotatable bonds is 4. The molecule has 0 aromatic carbocycles. The number of aromatic nitrogens is 1. The van der Waals surface area contributed by atoms with Crippen molar-refractivity contribution in [2.45, 2.75) is 26.4 Å². The molecule has 18 heavy (non-hydrogen) atoms. The van der Waals surface area contributed by atoms with Gasteiger partial charge in [-0.25, -0.2) is 4.79 Å². The van der Waals surface area contributed by atoms with Gasteiger partial charge in [0.1, 0.15) is 5.02 Å². The van der Waals surface area contributed by atoms with Crippen molar-refractivity contribution >= 4 is 29.2 Å². The number of hydrogen-bond acceptors (Lipinski definition) is 4. The molecule has 0 aliphatic rings. The smallest absolute Gasteiger partial charge is 0.349 e. The van der Waals surface area contributed by atoms with Crippen LogP contribution in [0.3, 0.4) is 0 Å². The van der Waals surface area contributed by atoms with Gasteiger partial charge in [0.15, 0.2) is 0 Å². The third kappa shape index (κ3) is 3.46. The van der Waals surface area contributed by atoms with Crippen molar-refractivity contribution in [3.63, 3.8) is 0 Å². The van der Waals surface area contributed by atoms with E-state index < -0.39 is 17.5 Å². The fourth-order valence-corrected chi connectivity index (χ4v) is 1.49. The first-order valence-electron chi connectivity index (χ1n) is 5.15. The molecule has 0 saturated carbocycles. The first-order valence-corrected chi connectivity index (χ1v) is 5.91. The highest BCUT2D eigenvalue weighted by molar-refractivity contribution is 6.35. The van der Waals surface area contributed by atoms with Gasteiger partial charge in [0.05, 0.1) is 11.6 Å². The van der Waals surface area contributed by atoms with Crippen LogP contribution < -0.4 is 4.74 Å². The van der Waals surface area contributed by atoms with E-state index >= 15 is 0 Å². The van der Waals surface area contributed by atoms with E-state index in [1.54, 1.807) is 6.92 Å². The van der Waals surface area contributed by atoms with Gasteiger partial charge in [0.25, 0.3) is 0 Å². The standard InChI is InChI=1S/C11H12Cl2FNO3/c1-4-17-10(16)11(2,3)18-9-7(13)5-6(12)8(14)15-9/h5H,4H2,1-3H3. The lowest BCUT2D eigenvalue weighted by Crippen LogP contribution is -2.40. The van der Waals surface area contributed by atoms with E-state index in [0.717, 1.165) is 6.07 Å². The van der Waals surface area contributed by atoms with Crippen LogP contribution in [-0.2, 0) is 9.53 Å². The number of ether oxygens (including phenoxy) is 2. The maximum atomic E-state index is 13.2. The topological polar surface area (TPSA) is 48.4 Å². The molecule has 0 radical (unpaired) electrons. The third-order valence-corrected chi connectivity index (χ3v) is 2.51. The van der Waals surface area contributed by atoms with Crippen LogP contribution in [0, 0.1) is 5.95 Å². The molecule has 0 saturated heterocycles. The summed E-state index contributed by atoms with van der Waals surface area (Å²) in [6.07, 6.45) is 0. The van der Waals surface area contributed by atoms with Crippen molar-refractivity contribution in [1.82, 2.24) is 4.98 Å². The zero-order valence-electron chi connectivity index (χ0n) is 10.1. The maximum absolute atomic E-state index is 13.2. The summed E-state index contributed by atoms with van der Waals surface area (Å²) >= 11 is 11.3. The zero-order valence-corrected chi connectivity index (χ0v) is 11.6. The van der Waals surface area contributed by atoms with Crippen LogP contribution in [0.15, 0.2) is 6.07 Å². The van der Waals surface area contributed by atoms with Gasteiger partial charge >= 0.3 is 5.97 Å². The summed E-state index contributed by atoms with van der Waals surface area (Å²) in [5.74, 6) is -1.73. The number of esters is 1. The van der Waals surface area contributed by atoms with Crippen molar-refractivity contribution in [2.24, 2.45) is 0 Å². The van der Waals surface area contributed by atoms with Crippen molar-refractivity contribution in [3.8, 4) is 5.88 Å². The molecule has 4 nitrogen and oxygen atoms in total. The third-order valence-electron chi connectivity index (χ3n) is 1.97. The van der Waals surface area contributed by atoms with Gasteiger partial charge in [-0.2, -0.15) is 9.37 Å². The number of carbonyl (C=O) groups is 1. The van der Waals surface area contributed by atoms with Crippen LogP contribution in [0.2, 0.25) is 10.0 Å². The summed E-state index contributed by atoms with van der Waals surface area (Å²) in [5.41, 5.74) is -1.33. The second kappa shape index (κ2) is 5.71.